The summed E-state index contributed by atoms with van der Waals surface area (Å²) >= 11 is 0. The Morgan fingerprint density at radius 3 is 2.11 bits per heavy atom. The molecule has 0 saturated carbocycles. The molecule has 2 fully saturated rings. The van der Waals surface area contributed by atoms with Crippen LogP contribution >= 0.6 is 0 Å². The van der Waals surface area contributed by atoms with E-state index in [-0.39, 0.29) is 35.5 Å². The lowest BCUT2D eigenvalue weighted by molar-refractivity contribution is -0.153. The lowest BCUT2D eigenvalue weighted by Gasteiger charge is -2.38. The average Bonchev–Trinajstić information content (AvgIpc) is 3.58. The van der Waals surface area contributed by atoms with E-state index < -0.39 is 24.2 Å². The van der Waals surface area contributed by atoms with Crippen molar-refractivity contribution in [3.63, 3.8) is 0 Å². The van der Waals surface area contributed by atoms with Gasteiger partial charge in [0, 0.05) is 26.7 Å². The van der Waals surface area contributed by atoms with Gasteiger partial charge >= 0.3 is 0 Å². The molecule has 0 aliphatic carbocycles. The molecule has 1 aromatic carbocycles. The number of nitrogens with one attached hydrogen (secondary N) is 2. The number of amides is 4. The Hall–Kier alpha value is -2.94. The Balaban J connectivity index is 1.72. The van der Waals surface area contributed by atoms with Crippen molar-refractivity contribution in [2.24, 2.45) is 11.8 Å². The second kappa shape index (κ2) is 13.2. The number of rotatable bonds is 10. The van der Waals surface area contributed by atoms with Crippen LogP contribution in [0.25, 0.3) is 0 Å². The fraction of sp³-hybridized carbons (Fsp3) is 0.655. The zero-order valence-electron chi connectivity index (χ0n) is 23.8. The predicted molar refractivity (Wildman–Crippen MR) is 147 cm³/mol. The summed E-state index contributed by atoms with van der Waals surface area (Å²) in [5.41, 5.74) is 1.00. The third kappa shape index (κ3) is 6.54. The number of carbonyl (C=O) groups excluding carboxylic acids is 4. The Morgan fingerprint density at radius 1 is 0.921 bits per heavy atom. The van der Waals surface area contributed by atoms with Gasteiger partial charge in [-0.05, 0) is 50.1 Å². The van der Waals surface area contributed by atoms with Crippen molar-refractivity contribution in [2.45, 2.75) is 84.1 Å². The van der Waals surface area contributed by atoms with Gasteiger partial charge in [-0.2, -0.15) is 0 Å². The highest BCUT2D eigenvalue weighted by atomic mass is 16.2. The zero-order chi connectivity index (χ0) is 28.0. The van der Waals surface area contributed by atoms with E-state index in [0.29, 0.717) is 38.9 Å². The van der Waals surface area contributed by atoms with Gasteiger partial charge in [0.1, 0.15) is 18.1 Å². The van der Waals surface area contributed by atoms with E-state index >= 15 is 0 Å². The van der Waals surface area contributed by atoms with Crippen LogP contribution < -0.4 is 10.6 Å². The molecule has 2 aliphatic rings. The zero-order valence-corrected chi connectivity index (χ0v) is 23.8. The lowest BCUT2D eigenvalue weighted by Crippen LogP contribution is -2.59. The Kier molecular flexibility index (Phi) is 10.3. The maximum Gasteiger partial charge on any atom is 0.246 e. The first-order valence-electron chi connectivity index (χ1n) is 13.9. The molecule has 0 spiro atoms. The molecule has 210 valence electrons. The van der Waals surface area contributed by atoms with Crippen molar-refractivity contribution in [3.05, 3.63) is 35.9 Å². The molecule has 0 aromatic heterocycles. The molecule has 2 saturated heterocycles. The molecule has 38 heavy (non-hydrogen) atoms. The number of likely N-dealkylation sites (tertiary alicyclic amines) is 2. The van der Waals surface area contributed by atoms with Crippen LogP contribution in [0.5, 0.6) is 0 Å². The van der Waals surface area contributed by atoms with Gasteiger partial charge in [0.15, 0.2) is 0 Å². The summed E-state index contributed by atoms with van der Waals surface area (Å²) < 4.78 is 0. The van der Waals surface area contributed by atoms with Crippen LogP contribution in [-0.4, -0.2) is 89.7 Å². The van der Waals surface area contributed by atoms with E-state index in [2.05, 4.69) is 10.6 Å². The first kappa shape index (κ1) is 29.6. The molecule has 0 radical (unpaired) electrons. The minimum atomic E-state index is -0.672. The van der Waals surface area contributed by atoms with Crippen molar-refractivity contribution in [1.82, 2.24) is 25.3 Å². The van der Waals surface area contributed by atoms with Gasteiger partial charge in [0.05, 0.1) is 6.04 Å². The first-order chi connectivity index (χ1) is 18.1. The van der Waals surface area contributed by atoms with Crippen LogP contribution in [0.2, 0.25) is 0 Å². The molecule has 9 heteroatoms. The highest BCUT2D eigenvalue weighted by molar-refractivity contribution is 5.95. The standard InChI is InChI=1S/C29H45N5O4/c1-19(2)24(30-5)28(37)32(6)25(20(3)4)29(38)34-17-11-15-23(34)27(36)33-16-10-14-22(33)26(35)31-18-21-12-8-7-9-13-21/h7-9,12-13,19-20,22-25,30H,10-11,14-18H2,1-6H3,(H,31,35)/t22-,23-,24-,25-/m0/s1. The SMILES string of the molecule is CN[C@H](C(=O)N(C)[C@H](C(=O)N1CCC[C@H]1C(=O)N1CCC[C@H]1C(=O)NCc1ccccc1)C(C)C)C(C)C. The normalized spacial score (nSPS) is 21.1. The summed E-state index contributed by atoms with van der Waals surface area (Å²) in [6.07, 6.45) is 2.64. The summed E-state index contributed by atoms with van der Waals surface area (Å²) in [6, 6.07) is 7.47. The predicted octanol–water partition coefficient (Wildman–Crippen LogP) is 2.01. The van der Waals surface area contributed by atoms with Crippen LogP contribution in [-0.2, 0) is 25.7 Å². The third-order valence-corrected chi connectivity index (χ3v) is 7.86. The van der Waals surface area contributed by atoms with E-state index in [4.69, 9.17) is 0 Å². The topological polar surface area (TPSA) is 102 Å². The molecule has 0 unspecified atom stereocenters. The van der Waals surface area contributed by atoms with Gasteiger partial charge in [-0.1, -0.05) is 58.0 Å². The molecule has 2 aliphatic heterocycles. The Labute approximate surface area is 227 Å². The number of likely N-dealkylation sites (N-methyl/N-ethyl adjacent to an activating group) is 2. The molecular formula is C29H45N5O4. The van der Waals surface area contributed by atoms with Crippen molar-refractivity contribution < 1.29 is 19.2 Å². The van der Waals surface area contributed by atoms with E-state index in [1.54, 1.807) is 28.8 Å². The highest BCUT2D eigenvalue weighted by Gasteiger charge is 2.45. The van der Waals surface area contributed by atoms with Crippen molar-refractivity contribution in [1.29, 1.82) is 0 Å². The molecule has 0 bridgehead atoms. The fourth-order valence-corrected chi connectivity index (χ4v) is 5.85. The molecule has 1 aromatic rings. The highest BCUT2D eigenvalue weighted by Crippen LogP contribution is 2.27. The molecule has 4 amide bonds. The van der Waals surface area contributed by atoms with Gasteiger partial charge in [0.25, 0.3) is 0 Å². The number of hydrogen-bond donors (Lipinski definition) is 2. The summed E-state index contributed by atoms with van der Waals surface area (Å²) in [6.45, 7) is 9.18. The van der Waals surface area contributed by atoms with E-state index in [0.717, 1.165) is 12.0 Å². The number of benzene rings is 1. The van der Waals surface area contributed by atoms with Gasteiger partial charge in [0.2, 0.25) is 23.6 Å². The van der Waals surface area contributed by atoms with Gasteiger partial charge in [-0.15, -0.1) is 0 Å². The molecule has 3 rings (SSSR count). The maximum atomic E-state index is 13.9. The quantitative estimate of drug-likeness (QED) is 0.485. The van der Waals surface area contributed by atoms with Crippen LogP contribution in [0.4, 0.5) is 0 Å². The average molecular weight is 528 g/mol. The minimum Gasteiger partial charge on any atom is -0.350 e. The summed E-state index contributed by atoms with van der Waals surface area (Å²) in [7, 11) is 3.43. The summed E-state index contributed by atoms with van der Waals surface area (Å²) in [4.78, 5) is 58.8. The molecule has 2 heterocycles. The van der Waals surface area contributed by atoms with Crippen molar-refractivity contribution >= 4 is 23.6 Å². The molecule has 9 nitrogen and oxygen atoms in total. The second-order valence-electron chi connectivity index (χ2n) is 11.2. The van der Waals surface area contributed by atoms with Crippen LogP contribution in [0.1, 0.15) is 58.9 Å². The number of carbonyl (C=O) groups is 4. The first-order valence-corrected chi connectivity index (χ1v) is 13.9. The molecule has 2 N–H and O–H groups in total. The van der Waals surface area contributed by atoms with E-state index in [9.17, 15) is 19.2 Å². The Bertz CT molecular complexity index is 982. The Morgan fingerprint density at radius 2 is 1.53 bits per heavy atom. The fourth-order valence-electron chi connectivity index (χ4n) is 5.85. The lowest BCUT2D eigenvalue weighted by atomic mass is 9.97. The maximum absolute atomic E-state index is 13.9. The number of nitrogens with zero attached hydrogens (tertiary/aromatic N) is 3. The van der Waals surface area contributed by atoms with Crippen molar-refractivity contribution in [2.75, 3.05) is 27.2 Å². The van der Waals surface area contributed by atoms with E-state index in [1.807, 2.05) is 58.0 Å². The van der Waals surface area contributed by atoms with Crippen LogP contribution in [0, 0.1) is 11.8 Å². The van der Waals surface area contributed by atoms with Crippen LogP contribution in [0.15, 0.2) is 30.3 Å². The number of hydrogen-bond acceptors (Lipinski definition) is 5. The van der Waals surface area contributed by atoms with Gasteiger partial charge in [-0.25, -0.2) is 0 Å². The third-order valence-electron chi connectivity index (χ3n) is 7.86. The van der Waals surface area contributed by atoms with Gasteiger partial charge < -0.3 is 25.3 Å². The monoisotopic (exact) mass is 527 g/mol. The van der Waals surface area contributed by atoms with Gasteiger partial charge in [-0.3, -0.25) is 19.2 Å². The van der Waals surface area contributed by atoms with E-state index in [1.165, 1.54) is 0 Å². The summed E-state index contributed by atoms with van der Waals surface area (Å²) in [5, 5.41) is 6.04. The smallest absolute Gasteiger partial charge is 0.246 e. The van der Waals surface area contributed by atoms with Crippen molar-refractivity contribution in [3.8, 4) is 0 Å². The molecular weight excluding hydrogens is 482 g/mol. The molecule has 4 atom stereocenters. The minimum absolute atomic E-state index is 0.0686. The summed E-state index contributed by atoms with van der Waals surface area (Å²) in [5.74, 6) is -0.714. The van der Waals surface area contributed by atoms with Crippen LogP contribution in [0.3, 0.4) is 0 Å². The second-order valence-corrected chi connectivity index (χ2v) is 11.2. The largest absolute Gasteiger partial charge is 0.350 e.